The summed E-state index contributed by atoms with van der Waals surface area (Å²) in [7, 11) is 1.33. The summed E-state index contributed by atoms with van der Waals surface area (Å²) in [6.07, 6.45) is 3.07. The predicted octanol–water partition coefficient (Wildman–Crippen LogP) is 2.43. The molecule has 0 saturated carbocycles. The number of rotatable bonds is 2. The van der Waals surface area contributed by atoms with Gasteiger partial charge in [0.25, 0.3) is 0 Å². The van der Waals surface area contributed by atoms with Crippen molar-refractivity contribution in [2.24, 2.45) is 0 Å². The van der Waals surface area contributed by atoms with E-state index in [0.29, 0.717) is 11.3 Å². The van der Waals surface area contributed by atoms with Gasteiger partial charge >= 0.3 is 5.97 Å². The summed E-state index contributed by atoms with van der Waals surface area (Å²) in [6, 6.07) is 1.56. The van der Waals surface area contributed by atoms with Gasteiger partial charge < -0.3 is 9.15 Å². The van der Waals surface area contributed by atoms with Crippen LogP contribution in [0.3, 0.4) is 0 Å². The van der Waals surface area contributed by atoms with Gasteiger partial charge in [0.15, 0.2) is 0 Å². The molecule has 64 valence electrons. The average Bonchev–Trinajstić information content (AvgIpc) is 2.52. The van der Waals surface area contributed by atoms with Crippen LogP contribution in [0, 0.1) is 0 Å². The van der Waals surface area contributed by atoms with E-state index in [1.165, 1.54) is 13.4 Å². The second kappa shape index (κ2) is 4.11. The molecule has 3 nitrogen and oxygen atoms in total. The van der Waals surface area contributed by atoms with E-state index in [-0.39, 0.29) is 0 Å². The highest BCUT2D eigenvalue weighted by molar-refractivity contribution is 9.11. The number of ether oxygens (including phenoxy) is 1. The molecule has 0 aromatic carbocycles. The zero-order valence-electron chi connectivity index (χ0n) is 6.41. The third-order valence-corrected chi connectivity index (χ3v) is 1.58. The lowest BCUT2D eigenvalue weighted by Gasteiger charge is -1.94. The van der Waals surface area contributed by atoms with Crippen LogP contribution in [0.2, 0.25) is 0 Å². The Hall–Kier alpha value is -1.03. The molecular formula is C8H7BrO3. The largest absolute Gasteiger partial charge is 0.465 e. The highest BCUT2D eigenvalue weighted by atomic mass is 79.9. The van der Waals surface area contributed by atoms with E-state index >= 15 is 0 Å². The quantitative estimate of drug-likeness (QED) is 0.733. The van der Waals surface area contributed by atoms with Crippen molar-refractivity contribution in [3.05, 3.63) is 28.6 Å². The number of carbonyl (C=O) groups excluding carboxylic acids is 1. The summed E-state index contributed by atoms with van der Waals surface area (Å²) in [6.45, 7) is 0. The fraction of sp³-hybridized carbons (Fsp3) is 0.125. The van der Waals surface area contributed by atoms with E-state index in [9.17, 15) is 4.79 Å². The van der Waals surface area contributed by atoms with Crippen molar-refractivity contribution in [2.45, 2.75) is 0 Å². The summed E-state index contributed by atoms with van der Waals surface area (Å²) in [5, 5.41) is 0. The molecule has 0 amide bonds. The topological polar surface area (TPSA) is 39.4 Å². The lowest BCUT2D eigenvalue weighted by molar-refractivity contribution is 0.0599. The summed E-state index contributed by atoms with van der Waals surface area (Å²) in [5.41, 5.74) is 0.424. The van der Waals surface area contributed by atoms with Crippen molar-refractivity contribution in [1.82, 2.24) is 0 Å². The lowest BCUT2D eigenvalue weighted by atomic mass is 10.2. The molecule has 4 heteroatoms. The van der Waals surface area contributed by atoms with Gasteiger partial charge in [-0.3, -0.25) is 0 Å². The molecule has 0 radical (unpaired) electrons. The van der Waals surface area contributed by atoms with E-state index in [4.69, 9.17) is 4.42 Å². The van der Waals surface area contributed by atoms with Crippen LogP contribution in [0.4, 0.5) is 0 Å². The van der Waals surface area contributed by atoms with E-state index in [1.54, 1.807) is 17.1 Å². The number of esters is 1. The summed E-state index contributed by atoms with van der Waals surface area (Å²) < 4.78 is 9.54. The Morgan fingerprint density at radius 1 is 1.75 bits per heavy atom. The Morgan fingerprint density at radius 3 is 3.08 bits per heavy atom. The number of hydrogen-bond donors (Lipinski definition) is 0. The van der Waals surface area contributed by atoms with Crippen molar-refractivity contribution >= 4 is 28.0 Å². The fourth-order valence-corrected chi connectivity index (χ4v) is 1.03. The van der Waals surface area contributed by atoms with E-state index in [1.807, 2.05) is 0 Å². The lowest BCUT2D eigenvalue weighted by Crippen LogP contribution is -2.00. The number of hydrogen-bond acceptors (Lipinski definition) is 3. The minimum atomic E-state index is -0.399. The Bertz CT molecular complexity index is 301. The first-order valence-corrected chi connectivity index (χ1v) is 4.13. The number of halogens is 1. The molecule has 1 rings (SSSR count). The number of carbonyl (C=O) groups is 1. The standard InChI is InChI=1S/C8H7BrO3/c1-11-8(10)6-3-5-12-7(6)2-4-9/h2-5H,1H3/b4-2+. The maximum Gasteiger partial charge on any atom is 0.341 e. The zero-order chi connectivity index (χ0) is 8.97. The van der Waals surface area contributed by atoms with Crippen molar-refractivity contribution < 1.29 is 13.9 Å². The van der Waals surface area contributed by atoms with Crippen LogP contribution in [0.1, 0.15) is 16.1 Å². The molecule has 1 aromatic heterocycles. The third-order valence-electron chi connectivity index (χ3n) is 1.31. The fourth-order valence-electron chi connectivity index (χ4n) is 0.786. The summed E-state index contributed by atoms with van der Waals surface area (Å²) >= 11 is 3.08. The monoisotopic (exact) mass is 230 g/mol. The van der Waals surface area contributed by atoms with Crippen molar-refractivity contribution in [1.29, 1.82) is 0 Å². The van der Waals surface area contributed by atoms with Gasteiger partial charge in [-0.05, 0) is 17.1 Å². The predicted molar refractivity (Wildman–Crippen MR) is 48.0 cm³/mol. The minimum absolute atomic E-state index is 0.399. The Morgan fingerprint density at radius 2 is 2.50 bits per heavy atom. The van der Waals surface area contributed by atoms with E-state index in [0.717, 1.165) is 0 Å². The molecule has 1 aromatic rings. The van der Waals surface area contributed by atoms with Gasteiger partial charge in [-0.25, -0.2) is 4.79 Å². The smallest absolute Gasteiger partial charge is 0.341 e. The van der Waals surface area contributed by atoms with Crippen LogP contribution in [0.15, 0.2) is 21.7 Å². The maximum atomic E-state index is 11.0. The highest BCUT2D eigenvalue weighted by Crippen LogP contribution is 2.13. The minimum Gasteiger partial charge on any atom is -0.465 e. The molecule has 0 N–H and O–H groups in total. The van der Waals surface area contributed by atoms with Crippen molar-refractivity contribution in [2.75, 3.05) is 7.11 Å². The average molecular weight is 231 g/mol. The van der Waals surface area contributed by atoms with E-state index < -0.39 is 5.97 Å². The van der Waals surface area contributed by atoms with Crippen LogP contribution in [0.5, 0.6) is 0 Å². The first-order valence-electron chi connectivity index (χ1n) is 3.22. The van der Waals surface area contributed by atoms with Gasteiger partial charge in [0.05, 0.1) is 13.4 Å². The molecular weight excluding hydrogens is 224 g/mol. The number of furan rings is 1. The Labute approximate surface area is 78.1 Å². The second-order valence-electron chi connectivity index (χ2n) is 1.98. The van der Waals surface area contributed by atoms with Gasteiger partial charge in [-0.15, -0.1) is 0 Å². The van der Waals surface area contributed by atoms with Crippen LogP contribution >= 0.6 is 15.9 Å². The molecule has 0 saturated heterocycles. The second-order valence-corrected chi connectivity index (χ2v) is 2.51. The van der Waals surface area contributed by atoms with Gasteiger partial charge in [0, 0.05) is 0 Å². The molecule has 0 unspecified atom stereocenters. The SMILES string of the molecule is COC(=O)c1ccoc1/C=C/Br. The molecule has 12 heavy (non-hydrogen) atoms. The molecule has 1 heterocycles. The van der Waals surface area contributed by atoms with Crippen LogP contribution in [0.25, 0.3) is 6.08 Å². The maximum absolute atomic E-state index is 11.0. The molecule has 0 aliphatic heterocycles. The molecule has 0 bridgehead atoms. The Balaban J connectivity index is 2.98. The van der Waals surface area contributed by atoms with Crippen LogP contribution in [-0.2, 0) is 4.74 Å². The van der Waals surface area contributed by atoms with Gasteiger partial charge in [0.1, 0.15) is 11.3 Å². The Kier molecular flexibility index (Phi) is 3.10. The number of methoxy groups -OCH3 is 1. The molecule has 0 aliphatic carbocycles. The molecule has 0 spiro atoms. The van der Waals surface area contributed by atoms with Gasteiger partial charge in [-0.1, -0.05) is 15.9 Å². The van der Waals surface area contributed by atoms with Crippen LogP contribution < -0.4 is 0 Å². The first kappa shape index (κ1) is 9.06. The van der Waals surface area contributed by atoms with Gasteiger partial charge in [-0.2, -0.15) is 0 Å². The zero-order valence-corrected chi connectivity index (χ0v) is 8.00. The van der Waals surface area contributed by atoms with Crippen molar-refractivity contribution in [3.8, 4) is 0 Å². The normalized spacial score (nSPS) is 10.5. The molecule has 0 aliphatic rings. The molecule has 0 fully saturated rings. The van der Waals surface area contributed by atoms with Gasteiger partial charge in [0.2, 0.25) is 0 Å². The summed E-state index contributed by atoms with van der Waals surface area (Å²) in [5.74, 6) is 0.0862. The third kappa shape index (κ3) is 1.76. The first-order chi connectivity index (χ1) is 5.79. The highest BCUT2D eigenvalue weighted by Gasteiger charge is 2.11. The molecule has 0 atom stereocenters. The van der Waals surface area contributed by atoms with Crippen molar-refractivity contribution in [3.63, 3.8) is 0 Å². The summed E-state index contributed by atoms with van der Waals surface area (Å²) in [4.78, 5) is 12.6. The van der Waals surface area contributed by atoms with Crippen LogP contribution in [-0.4, -0.2) is 13.1 Å². The van der Waals surface area contributed by atoms with E-state index in [2.05, 4.69) is 20.7 Å².